The molecule has 0 atom stereocenters. The van der Waals surface area contributed by atoms with Crippen molar-refractivity contribution in [3.63, 3.8) is 0 Å². The molecule has 0 aliphatic heterocycles. The molecule has 0 radical (unpaired) electrons. The van der Waals surface area contributed by atoms with Gasteiger partial charge in [0.05, 0.1) is 0 Å². The maximum Gasteiger partial charge on any atom is 0.128 e. The van der Waals surface area contributed by atoms with Crippen LogP contribution in [0, 0.1) is 5.82 Å². The van der Waals surface area contributed by atoms with E-state index in [1.807, 2.05) is 30.0 Å². The van der Waals surface area contributed by atoms with Gasteiger partial charge in [-0.3, -0.25) is 0 Å². The molecule has 21 heavy (non-hydrogen) atoms. The predicted octanol–water partition coefficient (Wildman–Crippen LogP) is 5.47. The zero-order chi connectivity index (χ0) is 14.5. The Kier molecular flexibility index (Phi) is 4.81. The number of thioether (sulfide) groups is 1. The van der Waals surface area contributed by atoms with Crippen molar-refractivity contribution in [1.29, 1.82) is 0 Å². The number of rotatable bonds is 5. The molecule has 1 saturated carbocycles. The Bertz CT molecular complexity index is 593. The van der Waals surface area contributed by atoms with Crippen LogP contribution in [-0.2, 0) is 6.54 Å². The first-order valence-corrected chi connectivity index (χ1v) is 8.44. The maximum atomic E-state index is 13.7. The minimum atomic E-state index is -0.147. The van der Waals surface area contributed by atoms with Crippen LogP contribution in [0.4, 0.5) is 10.1 Å². The Morgan fingerprint density at radius 1 is 1.00 bits per heavy atom. The topological polar surface area (TPSA) is 12.0 Å². The molecule has 0 aromatic heterocycles. The summed E-state index contributed by atoms with van der Waals surface area (Å²) < 4.78 is 13.7. The molecule has 2 aromatic carbocycles. The highest BCUT2D eigenvalue weighted by Gasteiger charge is 2.17. The smallest absolute Gasteiger partial charge is 0.128 e. The van der Waals surface area contributed by atoms with Gasteiger partial charge < -0.3 is 5.32 Å². The van der Waals surface area contributed by atoms with Crippen LogP contribution in [0.1, 0.15) is 31.2 Å². The van der Waals surface area contributed by atoms with Crippen LogP contribution in [0.2, 0.25) is 0 Å². The van der Waals surface area contributed by atoms with Crippen molar-refractivity contribution in [2.45, 2.75) is 42.4 Å². The Labute approximate surface area is 130 Å². The second-order valence-corrected chi connectivity index (χ2v) is 6.81. The lowest BCUT2D eigenvalue weighted by molar-refractivity contribution is 0.613. The van der Waals surface area contributed by atoms with Gasteiger partial charge in [-0.05, 0) is 31.0 Å². The predicted molar refractivity (Wildman–Crippen MR) is 88.3 cm³/mol. The first kappa shape index (κ1) is 14.5. The van der Waals surface area contributed by atoms with Crippen LogP contribution in [0.15, 0.2) is 53.4 Å². The zero-order valence-electron chi connectivity index (χ0n) is 12.0. The van der Waals surface area contributed by atoms with Gasteiger partial charge in [0.25, 0.3) is 0 Å². The summed E-state index contributed by atoms with van der Waals surface area (Å²) in [4.78, 5) is 1.28. The van der Waals surface area contributed by atoms with Gasteiger partial charge in [-0.2, -0.15) is 0 Å². The normalized spacial score (nSPS) is 15.3. The summed E-state index contributed by atoms with van der Waals surface area (Å²) in [5.74, 6) is -0.147. The fourth-order valence-corrected chi connectivity index (χ4v) is 4.09. The van der Waals surface area contributed by atoms with Crippen LogP contribution >= 0.6 is 11.8 Å². The number of para-hydroxylation sites is 1. The highest BCUT2D eigenvalue weighted by molar-refractivity contribution is 8.00. The molecule has 1 N–H and O–H groups in total. The fraction of sp³-hybridized carbons (Fsp3) is 0.333. The summed E-state index contributed by atoms with van der Waals surface area (Å²) in [6.45, 7) is 0.523. The molecule has 0 unspecified atom stereocenters. The van der Waals surface area contributed by atoms with E-state index in [0.717, 1.165) is 10.9 Å². The van der Waals surface area contributed by atoms with Gasteiger partial charge >= 0.3 is 0 Å². The van der Waals surface area contributed by atoms with Crippen LogP contribution in [0.3, 0.4) is 0 Å². The molecule has 0 saturated heterocycles. The molecule has 1 nitrogen and oxygen atoms in total. The van der Waals surface area contributed by atoms with E-state index in [4.69, 9.17) is 0 Å². The SMILES string of the molecule is Fc1ccccc1CNc1ccccc1SC1CCCC1. The molecule has 110 valence electrons. The Hall–Kier alpha value is -1.48. The summed E-state index contributed by atoms with van der Waals surface area (Å²) in [6.07, 6.45) is 5.32. The van der Waals surface area contributed by atoms with Crippen LogP contribution in [0.25, 0.3) is 0 Å². The summed E-state index contributed by atoms with van der Waals surface area (Å²) in [7, 11) is 0. The van der Waals surface area contributed by atoms with E-state index in [1.54, 1.807) is 6.07 Å². The lowest BCUT2D eigenvalue weighted by Gasteiger charge is -2.15. The third kappa shape index (κ3) is 3.79. The van der Waals surface area contributed by atoms with Crippen molar-refractivity contribution in [2.24, 2.45) is 0 Å². The Morgan fingerprint density at radius 3 is 2.52 bits per heavy atom. The van der Waals surface area contributed by atoms with Crippen molar-refractivity contribution in [1.82, 2.24) is 0 Å². The Morgan fingerprint density at radius 2 is 1.71 bits per heavy atom. The molecule has 1 aliphatic rings. The molecule has 2 aromatic rings. The lowest BCUT2D eigenvalue weighted by atomic mass is 10.2. The summed E-state index contributed by atoms with van der Waals surface area (Å²) in [5.41, 5.74) is 1.82. The largest absolute Gasteiger partial charge is 0.380 e. The van der Waals surface area contributed by atoms with E-state index in [1.165, 1.54) is 36.6 Å². The standard InChI is InChI=1S/C18H20FNS/c19-16-10-4-1-7-14(16)13-20-17-11-5-6-12-18(17)21-15-8-2-3-9-15/h1,4-7,10-12,15,20H,2-3,8-9,13H2. The minimum Gasteiger partial charge on any atom is -0.380 e. The highest BCUT2D eigenvalue weighted by atomic mass is 32.2. The number of anilines is 1. The van der Waals surface area contributed by atoms with Gasteiger partial charge in [0.2, 0.25) is 0 Å². The fourth-order valence-electron chi connectivity index (χ4n) is 2.73. The zero-order valence-corrected chi connectivity index (χ0v) is 12.8. The van der Waals surface area contributed by atoms with Gasteiger partial charge in [-0.1, -0.05) is 43.2 Å². The molecule has 0 heterocycles. The molecular formula is C18H20FNS. The van der Waals surface area contributed by atoms with Crippen LogP contribution in [0.5, 0.6) is 0 Å². The van der Waals surface area contributed by atoms with Crippen molar-refractivity contribution in [3.05, 3.63) is 59.9 Å². The Balaban J connectivity index is 1.68. The molecule has 3 rings (SSSR count). The second kappa shape index (κ2) is 6.99. The minimum absolute atomic E-state index is 0.147. The second-order valence-electron chi connectivity index (χ2n) is 5.47. The molecule has 0 bridgehead atoms. The third-order valence-electron chi connectivity index (χ3n) is 3.91. The average molecular weight is 301 g/mol. The number of benzene rings is 2. The highest BCUT2D eigenvalue weighted by Crippen LogP contribution is 2.38. The molecule has 0 amide bonds. The van der Waals surface area contributed by atoms with Gasteiger partial charge in [-0.15, -0.1) is 11.8 Å². The van der Waals surface area contributed by atoms with Gasteiger partial charge in [0, 0.05) is 27.9 Å². The van der Waals surface area contributed by atoms with Gasteiger partial charge in [-0.25, -0.2) is 4.39 Å². The number of halogens is 1. The molecular weight excluding hydrogens is 281 g/mol. The van der Waals surface area contributed by atoms with Crippen molar-refractivity contribution < 1.29 is 4.39 Å². The van der Waals surface area contributed by atoms with Crippen LogP contribution < -0.4 is 5.32 Å². The van der Waals surface area contributed by atoms with E-state index >= 15 is 0 Å². The van der Waals surface area contributed by atoms with E-state index in [2.05, 4.69) is 23.5 Å². The number of hydrogen-bond donors (Lipinski definition) is 1. The van der Waals surface area contributed by atoms with Crippen LogP contribution in [-0.4, -0.2) is 5.25 Å². The van der Waals surface area contributed by atoms with Gasteiger partial charge in [0.15, 0.2) is 0 Å². The van der Waals surface area contributed by atoms with Crippen molar-refractivity contribution >= 4 is 17.4 Å². The lowest BCUT2D eigenvalue weighted by Crippen LogP contribution is -2.03. The summed E-state index contributed by atoms with van der Waals surface area (Å²) >= 11 is 1.96. The van der Waals surface area contributed by atoms with E-state index in [-0.39, 0.29) is 5.82 Å². The molecule has 1 fully saturated rings. The maximum absolute atomic E-state index is 13.7. The number of hydrogen-bond acceptors (Lipinski definition) is 2. The van der Waals surface area contributed by atoms with Gasteiger partial charge in [0.1, 0.15) is 5.82 Å². The van der Waals surface area contributed by atoms with Crippen molar-refractivity contribution in [3.8, 4) is 0 Å². The van der Waals surface area contributed by atoms with E-state index in [0.29, 0.717) is 12.1 Å². The summed E-state index contributed by atoms with van der Waals surface area (Å²) in [5, 5.41) is 4.12. The third-order valence-corrected chi connectivity index (χ3v) is 5.32. The molecule has 0 spiro atoms. The van der Waals surface area contributed by atoms with Crippen molar-refractivity contribution in [2.75, 3.05) is 5.32 Å². The average Bonchev–Trinajstić information content (AvgIpc) is 3.01. The number of nitrogens with one attached hydrogen (secondary N) is 1. The summed E-state index contributed by atoms with van der Waals surface area (Å²) in [6, 6.07) is 15.3. The quantitative estimate of drug-likeness (QED) is 0.785. The van der Waals surface area contributed by atoms with E-state index < -0.39 is 0 Å². The molecule has 1 aliphatic carbocycles. The monoisotopic (exact) mass is 301 g/mol. The first-order valence-electron chi connectivity index (χ1n) is 7.56. The molecule has 3 heteroatoms. The van der Waals surface area contributed by atoms with E-state index in [9.17, 15) is 4.39 Å². The first-order chi connectivity index (χ1) is 10.3.